The van der Waals surface area contributed by atoms with Crippen molar-refractivity contribution in [2.24, 2.45) is 0 Å². The van der Waals surface area contributed by atoms with Gasteiger partial charge < -0.3 is 9.46 Å². The molecule has 66 valence electrons. The summed E-state index contributed by atoms with van der Waals surface area (Å²) in [6, 6.07) is 7.89. The first-order valence-electron chi connectivity index (χ1n) is 3.88. The molecule has 1 aromatic rings. The molecular formula is C9H13NOS. The Balaban J connectivity index is 2.53. The molecule has 1 aromatic carbocycles. The van der Waals surface area contributed by atoms with Gasteiger partial charge in [0.05, 0.1) is 7.11 Å². The highest BCUT2D eigenvalue weighted by Gasteiger charge is 1.91. The lowest BCUT2D eigenvalue weighted by atomic mass is 10.3. The van der Waals surface area contributed by atoms with Crippen molar-refractivity contribution >= 4 is 17.6 Å². The van der Waals surface area contributed by atoms with Crippen LogP contribution >= 0.6 is 11.9 Å². The predicted octanol–water partition coefficient (Wildman–Crippen LogP) is 2.78. The average Bonchev–Trinajstić information content (AvgIpc) is 2.15. The fraction of sp³-hybridized carbons (Fsp3) is 0.333. The minimum Gasteiger partial charge on any atom is -0.497 e. The second-order valence-electron chi connectivity index (χ2n) is 2.26. The molecule has 0 bridgehead atoms. The van der Waals surface area contributed by atoms with E-state index in [0.717, 1.165) is 17.2 Å². The van der Waals surface area contributed by atoms with E-state index in [4.69, 9.17) is 4.74 Å². The fourth-order valence-corrected chi connectivity index (χ4v) is 1.26. The minimum atomic E-state index is 0.891. The molecule has 0 unspecified atom stereocenters. The van der Waals surface area contributed by atoms with Crippen molar-refractivity contribution in [3.63, 3.8) is 0 Å². The first-order valence-corrected chi connectivity index (χ1v) is 4.87. The molecule has 0 aliphatic rings. The lowest BCUT2D eigenvalue weighted by Crippen LogP contribution is -1.87. The van der Waals surface area contributed by atoms with E-state index in [9.17, 15) is 0 Å². The number of benzene rings is 1. The topological polar surface area (TPSA) is 21.3 Å². The third kappa shape index (κ3) is 2.66. The lowest BCUT2D eigenvalue weighted by Gasteiger charge is -2.04. The summed E-state index contributed by atoms with van der Waals surface area (Å²) in [6.45, 7) is 2.11. The number of anilines is 1. The minimum absolute atomic E-state index is 0.891. The van der Waals surface area contributed by atoms with Crippen LogP contribution in [0.15, 0.2) is 24.3 Å². The van der Waals surface area contributed by atoms with Crippen LogP contribution in [0.5, 0.6) is 5.75 Å². The third-order valence-electron chi connectivity index (χ3n) is 1.42. The van der Waals surface area contributed by atoms with Gasteiger partial charge in [-0.2, -0.15) is 0 Å². The SMILES string of the molecule is CCSNc1ccc(OC)cc1. The van der Waals surface area contributed by atoms with Gasteiger partial charge >= 0.3 is 0 Å². The van der Waals surface area contributed by atoms with Crippen LogP contribution < -0.4 is 9.46 Å². The van der Waals surface area contributed by atoms with E-state index in [1.165, 1.54) is 0 Å². The van der Waals surface area contributed by atoms with Crippen LogP contribution in [-0.2, 0) is 0 Å². The Morgan fingerprint density at radius 2 is 2.00 bits per heavy atom. The van der Waals surface area contributed by atoms with Crippen molar-refractivity contribution in [2.75, 3.05) is 17.6 Å². The van der Waals surface area contributed by atoms with Gasteiger partial charge in [0.15, 0.2) is 0 Å². The molecule has 0 saturated carbocycles. The molecule has 0 radical (unpaired) electrons. The van der Waals surface area contributed by atoms with Crippen LogP contribution in [0.4, 0.5) is 5.69 Å². The molecule has 0 aliphatic heterocycles. The lowest BCUT2D eigenvalue weighted by molar-refractivity contribution is 0.415. The number of methoxy groups -OCH3 is 1. The van der Waals surface area contributed by atoms with E-state index in [-0.39, 0.29) is 0 Å². The van der Waals surface area contributed by atoms with Crippen molar-refractivity contribution in [1.82, 2.24) is 0 Å². The maximum Gasteiger partial charge on any atom is 0.119 e. The van der Waals surface area contributed by atoms with Crippen molar-refractivity contribution in [3.05, 3.63) is 24.3 Å². The van der Waals surface area contributed by atoms with E-state index < -0.39 is 0 Å². The van der Waals surface area contributed by atoms with Crippen molar-refractivity contribution < 1.29 is 4.74 Å². The summed E-state index contributed by atoms with van der Waals surface area (Å²) in [5.41, 5.74) is 1.11. The van der Waals surface area contributed by atoms with Gasteiger partial charge in [-0.05, 0) is 24.3 Å². The Hall–Kier alpha value is -0.830. The molecule has 1 rings (SSSR count). The summed E-state index contributed by atoms with van der Waals surface area (Å²) in [4.78, 5) is 0. The number of hydrogen-bond acceptors (Lipinski definition) is 3. The Bertz CT molecular complexity index is 222. The number of hydrogen-bond donors (Lipinski definition) is 1. The third-order valence-corrected chi connectivity index (χ3v) is 2.09. The standard InChI is InChI=1S/C9H13NOS/c1-3-12-10-8-4-6-9(11-2)7-5-8/h4-7,10H,3H2,1-2H3. The van der Waals surface area contributed by atoms with E-state index in [1.807, 2.05) is 24.3 Å². The maximum absolute atomic E-state index is 5.04. The fourth-order valence-electron chi connectivity index (χ4n) is 0.815. The summed E-state index contributed by atoms with van der Waals surface area (Å²) in [6.07, 6.45) is 0. The van der Waals surface area contributed by atoms with Gasteiger partial charge in [0.2, 0.25) is 0 Å². The maximum atomic E-state index is 5.04. The number of nitrogens with one attached hydrogen (secondary N) is 1. The second-order valence-corrected chi connectivity index (χ2v) is 3.33. The molecule has 1 N–H and O–H groups in total. The summed E-state index contributed by atoms with van der Waals surface area (Å²) in [7, 11) is 1.67. The summed E-state index contributed by atoms with van der Waals surface area (Å²) < 4.78 is 8.25. The molecule has 0 heterocycles. The molecule has 0 atom stereocenters. The van der Waals surface area contributed by atoms with Gasteiger partial charge in [-0.25, -0.2) is 0 Å². The molecule has 0 saturated heterocycles. The molecule has 3 heteroatoms. The summed E-state index contributed by atoms with van der Waals surface area (Å²) in [5.74, 6) is 1.95. The normalized spacial score (nSPS) is 9.50. The van der Waals surface area contributed by atoms with E-state index in [0.29, 0.717) is 0 Å². The van der Waals surface area contributed by atoms with Gasteiger partial charge in [-0.15, -0.1) is 0 Å². The van der Waals surface area contributed by atoms with Crippen molar-refractivity contribution in [1.29, 1.82) is 0 Å². The number of ether oxygens (including phenoxy) is 1. The predicted molar refractivity (Wildman–Crippen MR) is 54.7 cm³/mol. The zero-order valence-corrected chi connectivity index (χ0v) is 8.15. The molecular weight excluding hydrogens is 170 g/mol. The van der Waals surface area contributed by atoms with Crippen LogP contribution in [0.1, 0.15) is 6.92 Å². The largest absolute Gasteiger partial charge is 0.497 e. The highest BCUT2D eigenvalue weighted by atomic mass is 32.2. The Kier molecular flexibility index (Phi) is 3.80. The van der Waals surface area contributed by atoms with Gasteiger partial charge in [-0.1, -0.05) is 18.9 Å². The van der Waals surface area contributed by atoms with E-state index >= 15 is 0 Å². The highest BCUT2D eigenvalue weighted by molar-refractivity contribution is 8.00. The Labute approximate surface area is 77.4 Å². The Morgan fingerprint density at radius 3 is 2.50 bits per heavy atom. The molecule has 0 amide bonds. The van der Waals surface area contributed by atoms with E-state index in [2.05, 4.69) is 11.6 Å². The monoisotopic (exact) mass is 183 g/mol. The zero-order chi connectivity index (χ0) is 8.81. The smallest absolute Gasteiger partial charge is 0.119 e. The van der Waals surface area contributed by atoms with Gasteiger partial charge in [0, 0.05) is 11.4 Å². The second kappa shape index (κ2) is 4.93. The van der Waals surface area contributed by atoms with Crippen molar-refractivity contribution in [2.45, 2.75) is 6.92 Å². The van der Waals surface area contributed by atoms with Crippen LogP contribution in [0.2, 0.25) is 0 Å². The summed E-state index contributed by atoms with van der Waals surface area (Å²) >= 11 is 1.68. The summed E-state index contributed by atoms with van der Waals surface area (Å²) in [5, 5.41) is 0. The van der Waals surface area contributed by atoms with Gasteiger partial charge in [0.1, 0.15) is 5.75 Å². The van der Waals surface area contributed by atoms with Crippen LogP contribution in [-0.4, -0.2) is 12.9 Å². The quantitative estimate of drug-likeness (QED) is 0.725. The average molecular weight is 183 g/mol. The van der Waals surface area contributed by atoms with Crippen molar-refractivity contribution in [3.8, 4) is 5.75 Å². The molecule has 0 spiro atoms. The molecule has 2 nitrogen and oxygen atoms in total. The van der Waals surface area contributed by atoms with E-state index in [1.54, 1.807) is 19.1 Å². The molecule has 0 fully saturated rings. The molecule has 12 heavy (non-hydrogen) atoms. The van der Waals surface area contributed by atoms with Gasteiger partial charge in [-0.3, -0.25) is 0 Å². The molecule has 0 aliphatic carbocycles. The first-order chi connectivity index (χ1) is 5.86. The van der Waals surface area contributed by atoms with Crippen LogP contribution in [0.3, 0.4) is 0 Å². The zero-order valence-electron chi connectivity index (χ0n) is 7.33. The van der Waals surface area contributed by atoms with Crippen LogP contribution in [0.25, 0.3) is 0 Å². The highest BCUT2D eigenvalue weighted by Crippen LogP contribution is 2.17. The number of rotatable bonds is 4. The first kappa shape index (κ1) is 9.26. The Morgan fingerprint density at radius 1 is 1.33 bits per heavy atom. The van der Waals surface area contributed by atoms with Gasteiger partial charge in [0.25, 0.3) is 0 Å². The van der Waals surface area contributed by atoms with Crippen LogP contribution in [0, 0.1) is 0 Å². The molecule has 0 aromatic heterocycles.